The number of methoxy groups -OCH3 is 2. The zero-order valence-electron chi connectivity index (χ0n) is 38.6. The van der Waals surface area contributed by atoms with Gasteiger partial charge < -0.3 is 56.9 Å². The highest BCUT2D eigenvalue weighted by Gasteiger charge is 2.55. The lowest BCUT2D eigenvalue weighted by atomic mass is 9.96. The molecule has 2 aliphatic heterocycles. The topological polar surface area (TPSA) is 153 Å². The molecule has 0 bridgehead atoms. The Hall–Kier alpha value is -5.65. The Balaban J connectivity index is 1.23. The van der Waals surface area contributed by atoms with Gasteiger partial charge in [0.05, 0.1) is 53.2 Å². The molecule has 2 heterocycles. The van der Waals surface area contributed by atoms with Crippen LogP contribution in [0.15, 0.2) is 152 Å². The summed E-state index contributed by atoms with van der Waals surface area (Å²) in [6, 6.07) is 48.2. The highest BCUT2D eigenvalue weighted by atomic mass is 16.8. The van der Waals surface area contributed by atoms with E-state index in [1.54, 1.807) is 0 Å². The maximum Gasteiger partial charge on any atom is 0.339 e. The molecular weight excluding hydrogens is 873 g/mol. The number of benzene rings is 5. The van der Waals surface area contributed by atoms with Crippen molar-refractivity contribution < 1.29 is 66.5 Å². The van der Waals surface area contributed by atoms with Crippen LogP contribution in [0.2, 0.25) is 0 Å². The summed E-state index contributed by atoms with van der Waals surface area (Å²) >= 11 is 0. The van der Waals surface area contributed by atoms with Crippen LogP contribution in [0, 0.1) is 0 Å². The van der Waals surface area contributed by atoms with Crippen molar-refractivity contribution in [2.24, 2.45) is 0 Å². The Morgan fingerprint density at radius 3 is 1.22 bits per heavy atom. The predicted molar refractivity (Wildman–Crippen MR) is 247 cm³/mol. The van der Waals surface area contributed by atoms with E-state index in [9.17, 15) is 14.4 Å². The molecule has 0 radical (unpaired) electrons. The summed E-state index contributed by atoms with van der Waals surface area (Å²) in [4.78, 5) is 39.0. The lowest BCUT2D eigenvalue weighted by Crippen LogP contribution is -2.64. The van der Waals surface area contributed by atoms with Crippen molar-refractivity contribution in [1.82, 2.24) is 0 Å². The van der Waals surface area contributed by atoms with E-state index in [1.807, 2.05) is 152 Å². The number of ketones is 1. The summed E-state index contributed by atoms with van der Waals surface area (Å²) in [7, 11) is 2.74. The average molecular weight is 933 g/mol. The molecule has 14 heteroatoms. The number of Topliss-reactive ketones (excluding diaryl/α,β-unsaturated/α-hetero) is 1. The Bertz CT molecular complexity index is 2250. The maximum absolute atomic E-state index is 13.7. The fourth-order valence-corrected chi connectivity index (χ4v) is 8.03. The number of carbonyl (C=O) groups is 3. The first-order chi connectivity index (χ1) is 33.3. The first kappa shape index (κ1) is 50.2. The van der Waals surface area contributed by atoms with E-state index >= 15 is 0 Å². The molecule has 0 amide bonds. The zero-order chi connectivity index (χ0) is 47.5. The molecule has 68 heavy (non-hydrogen) atoms. The van der Waals surface area contributed by atoms with Crippen molar-refractivity contribution in [3.8, 4) is 0 Å². The van der Waals surface area contributed by atoms with E-state index in [0.29, 0.717) is 0 Å². The van der Waals surface area contributed by atoms with Gasteiger partial charge in [-0.25, -0.2) is 4.79 Å². The van der Waals surface area contributed by atoms with Crippen LogP contribution in [-0.4, -0.2) is 100.0 Å². The summed E-state index contributed by atoms with van der Waals surface area (Å²) < 4.78 is 70.7. The molecule has 7 rings (SSSR count). The van der Waals surface area contributed by atoms with Gasteiger partial charge in [0.1, 0.15) is 42.4 Å². The van der Waals surface area contributed by atoms with Crippen LogP contribution >= 0.6 is 0 Å². The van der Waals surface area contributed by atoms with Crippen molar-refractivity contribution in [1.29, 1.82) is 0 Å². The molecule has 0 N–H and O–H groups in total. The molecule has 5 aromatic rings. The number of carbonyl (C=O) groups excluding carboxylic acids is 3. The minimum absolute atomic E-state index is 0.0419. The third kappa shape index (κ3) is 14.4. The number of hydrogen-bond acceptors (Lipinski definition) is 14. The normalized spacial score (nSPS) is 24.8. The van der Waals surface area contributed by atoms with Crippen LogP contribution in [0.25, 0.3) is 0 Å². The SMILES string of the molecule is COC(=O)[C@H]1O[C@@H](OC[C@H]2O[C@H](OC)[C@H](OCc3ccccc3)[C@@H](OCc3ccccc3)[C@@H]2OCc2ccccc2)[C@@H](OCc2ccccc2)[C@@H](OCc2ccccc2)[C@@H]1OC(=O)CCC(C)=O. The minimum atomic E-state index is -1.54. The molecule has 0 unspecified atom stereocenters. The molecule has 2 fully saturated rings. The average Bonchev–Trinajstić information content (AvgIpc) is 3.38. The van der Waals surface area contributed by atoms with Gasteiger partial charge in [-0.2, -0.15) is 0 Å². The molecule has 0 saturated carbocycles. The van der Waals surface area contributed by atoms with Crippen LogP contribution in [0.4, 0.5) is 0 Å². The minimum Gasteiger partial charge on any atom is -0.467 e. The summed E-state index contributed by atoms with van der Waals surface area (Å²) in [6.45, 7) is 1.95. The second kappa shape index (κ2) is 26.2. The second-order valence-corrected chi connectivity index (χ2v) is 16.5. The first-order valence-electron chi connectivity index (χ1n) is 22.8. The second-order valence-electron chi connectivity index (χ2n) is 16.5. The molecule has 0 spiro atoms. The molecular formula is C54H60O14. The summed E-state index contributed by atoms with van der Waals surface area (Å²) in [5.41, 5.74) is 4.42. The van der Waals surface area contributed by atoms with E-state index < -0.39 is 73.4 Å². The quantitative estimate of drug-likeness (QED) is 0.0562. The van der Waals surface area contributed by atoms with E-state index in [4.69, 9.17) is 52.1 Å². The van der Waals surface area contributed by atoms with Gasteiger partial charge in [-0.05, 0) is 34.7 Å². The molecule has 5 aromatic carbocycles. The van der Waals surface area contributed by atoms with Gasteiger partial charge in [0.2, 0.25) is 0 Å². The lowest BCUT2D eigenvalue weighted by Gasteiger charge is -2.47. The van der Waals surface area contributed by atoms with Crippen LogP contribution in [0.5, 0.6) is 0 Å². The Morgan fingerprint density at radius 2 is 0.824 bits per heavy atom. The predicted octanol–water partition coefficient (Wildman–Crippen LogP) is 7.48. The molecule has 360 valence electrons. The largest absolute Gasteiger partial charge is 0.467 e. The van der Waals surface area contributed by atoms with Crippen LogP contribution < -0.4 is 0 Å². The van der Waals surface area contributed by atoms with Crippen molar-refractivity contribution in [3.63, 3.8) is 0 Å². The summed E-state index contributed by atoms with van der Waals surface area (Å²) in [5, 5.41) is 0. The molecule has 2 aliphatic rings. The van der Waals surface area contributed by atoms with Crippen LogP contribution in [0.3, 0.4) is 0 Å². The van der Waals surface area contributed by atoms with Crippen LogP contribution in [0.1, 0.15) is 47.6 Å². The van der Waals surface area contributed by atoms with Gasteiger partial charge in [-0.15, -0.1) is 0 Å². The summed E-state index contributed by atoms with van der Waals surface area (Å²) in [5.74, 6) is -1.78. The van der Waals surface area contributed by atoms with Crippen molar-refractivity contribution in [3.05, 3.63) is 179 Å². The van der Waals surface area contributed by atoms with Gasteiger partial charge >= 0.3 is 11.9 Å². The smallest absolute Gasteiger partial charge is 0.339 e. The fourth-order valence-electron chi connectivity index (χ4n) is 8.03. The Morgan fingerprint density at radius 1 is 0.441 bits per heavy atom. The van der Waals surface area contributed by atoms with Crippen molar-refractivity contribution >= 4 is 17.7 Å². The van der Waals surface area contributed by atoms with E-state index in [1.165, 1.54) is 21.1 Å². The van der Waals surface area contributed by atoms with E-state index in [-0.39, 0.29) is 58.3 Å². The standard InChI is InChI=1S/C54H60O14/c1-37(55)29-30-44(56)67-48-47(62-33-40-23-13-6-14-24-40)51(64-35-42-27-17-8-18-28-42)54(68-49(48)52(57)58-2)65-36-43-45(60-31-38-19-9-4-10-20-38)46(61-32-39-21-11-5-12-22-39)50(53(59-3)66-43)63-34-41-25-15-7-16-26-41/h4-28,43,45-51,53-54H,29-36H2,1-3H3/t43-,45-,46+,47+,48+,49+,50-,51+,53+,54-/m1/s1. The maximum atomic E-state index is 13.7. The fraction of sp³-hybridized carbons (Fsp3) is 0.389. The van der Waals surface area contributed by atoms with Gasteiger partial charge in [0, 0.05) is 13.5 Å². The van der Waals surface area contributed by atoms with E-state index in [0.717, 1.165) is 27.8 Å². The first-order valence-corrected chi connectivity index (χ1v) is 22.8. The number of ether oxygens (including phenoxy) is 11. The molecule has 0 aromatic heterocycles. The van der Waals surface area contributed by atoms with Gasteiger partial charge in [0.25, 0.3) is 0 Å². The Kier molecular flexibility index (Phi) is 19.4. The van der Waals surface area contributed by atoms with Crippen molar-refractivity contribution in [2.75, 3.05) is 20.8 Å². The molecule has 0 aliphatic carbocycles. The highest BCUT2D eigenvalue weighted by molar-refractivity contribution is 5.81. The molecule has 10 atom stereocenters. The monoisotopic (exact) mass is 932 g/mol. The Labute approximate surface area is 397 Å². The summed E-state index contributed by atoms with van der Waals surface area (Å²) in [6.07, 6.45) is -11.0. The lowest BCUT2D eigenvalue weighted by molar-refractivity contribution is -0.345. The number of esters is 2. The van der Waals surface area contributed by atoms with Crippen molar-refractivity contribution in [2.45, 2.75) is 114 Å². The third-order valence-corrected chi connectivity index (χ3v) is 11.6. The van der Waals surface area contributed by atoms with Crippen LogP contribution in [-0.2, 0) is 99.5 Å². The number of rotatable bonds is 24. The van der Waals surface area contributed by atoms with Gasteiger partial charge in [0.15, 0.2) is 24.8 Å². The third-order valence-electron chi connectivity index (χ3n) is 11.6. The van der Waals surface area contributed by atoms with Gasteiger partial charge in [-0.3, -0.25) is 4.79 Å². The zero-order valence-corrected chi connectivity index (χ0v) is 38.6. The van der Waals surface area contributed by atoms with Gasteiger partial charge in [-0.1, -0.05) is 152 Å². The molecule has 14 nitrogen and oxygen atoms in total. The molecule has 2 saturated heterocycles. The van der Waals surface area contributed by atoms with E-state index in [2.05, 4.69) is 0 Å². The highest BCUT2D eigenvalue weighted by Crippen LogP contribution is 2.35. The number of hydrogen-bond donors (Lipinski definition) is 0.